The van der Waals surface area contributed by atoms with Crippen LogP contribution in [-0.2, 0) is 4.74 Å². The van der Waals surface area contributed by atoms with Crippen molar-refractivity contribution in [2.75, 3.05) is 13.7 Å². The summed E-state index contributed by atoms with van der Waals surface area (Å²) in [4.78, 5) is 15.1. The summed E-state index contributed by atoms with van der Waals surface area (Å²) in [6.07, 6.45) is 1.51. The number of carbonyl (C=O) groups excluding carboxylic acids is 1. The summed E-state index contributed by atoms with van der Waals surface area (Å²) in [5, 5.41) is 0. The van der Waals surface area contributed by atoms with E-state index in [2.05, 4.69) is 21.6 Å². The van der Waals surface area contributed by atoms with Gasteiger partial charge in [0.1, 0.15) is 0 Å². The summed E-state index contributed by atoms with van der Waals surface area (Å²) >= 11 is 0. The molecule has 1 heterocycles. The van der Waals surface area contributed by atoms with E-state index in [1.54, 1.807) is 12.1 Å². The zero-order chi connectivity index (χ0) is 10.4. The second-order valence-corrected chi connectivity index (χ2v) is 2.40. The van der Waals surface area contributed by atoms with Gasteiger partial charge in [-0.2, -0.15) is 0 Å². The summed E-state index contributed by atoms with van der Waals surface area (Å²) in [6, 6.07) is 3.40. The number of carbonyl (C=O) groups is 1. The van der Waals surface area contributed by atoms with Crippen LogP contribution in [0.25, 0.3) is 0 Å². The summed E-state index contributed by atoms with van der Waals surface area (Å²) < 4.78 is 4.56. The Labute approximate surface area is 82.1 Å². The third kappa shape index (κ3) is 2.31. The Morgan fingerprint density at radius 3 is 3.14 bits per heavy atom. The molecule has 0 aliphatic heterocycles. The molecule has 0 spiro atoms. The van der Waals surface area contributed by atoms with E-state index in [9.17, 15) is 4.79 Å². The fourth-order valence-electron chi connectivity index (χ4n) is 0.912. The Balaban J connectivity index is 3.09. The van der Waals surface area contributed by atoms with Crippen LogP contribution in [0.3, 0.4) is 0 Å². The highest BCUT2D eigenvalue weighted by Crippen LogP contribution is 2.04. The van der Waals surface area contributed by atoms with Crippen molar-refractivity contribution in [3.8, 4) is 11.8 Å². The average molecular weight is 190 g/mol. The minimum Gasteiger partial charge on any atom is -0.464 e. The largest absolute Gasteiger partial charge is 0.464 e. The number of esters is 1. The van der Waals surface area contributed by atoms with Crippen LogP contribution in [0.5, 0.6) is 0 Å². The highest BCUT2D eigenvalue weighted by molar-refractivity contribution is 5.89. The average Bonchev–Trinajstić information content (AvgIpc) is 2.25. The molecule has 0 saturated carbocycles. The Morgan fingerprint density at radius 1 is 1.71 bits per heavy atom. The second kappa shape index (κ2) is 5.00. The summed E-state index contributed by atoms with van der Waals surface area (Å²) in [5.41, 5.74) is 5.98. The lowest BCUT2D eigenvalue weighted by Gasteiger charge is -1.99. The zero-order valence-electron chi connectivity index (χ0n) is 7.78. The van der Waals surface area contributed by atoms with Gasteiger partial charge in [0.05, 0.1) is 19.2 Å². The maximum absolute atomic E-state index is 11.2. The van der Waals surface area contributed by atoms with E-state index in [0.717, 1.165) is 0 Å². The van der Waals surface area contributed by atoms with Crippen LogP contribution in [0.2, 0.25) is 0 Å². The molecule has 2 N–H and O–H groups in total. The molecule has 0 amide bonds. The topological polar surface area (TPSA) is 65.2 Å². The minimum atomic E-state index is -0.494. The number of ether oxygens (including phenoxy) is 1. The number of hydrogen-bond acceptors (Lipinski definition) is 4. The van der Waals surface area contributed by atoms with Crippen LogP contribution in [-0.4, -0.2) is 24.6 Å². The molecule has 0 aliphatic carbocycles. The first-order valence-corrected chi connectivity index (χ1v) is 4.02. The number of aromatic nitrogens is 1. The Hall–Kier alpha value is -1.86. The molecule has 0 bridgehead atoms. The zero-order valence-corrected chi connectivity index (χ0v) is 7.78. The fourth-order valence-corrected chi connectivity index (χ4v) is 0.912. The Bertz CT molecular complexity index is 391. The van der Waals surface area contributed by atoms with Gasteiger partial charge in [0, 0.05) is 6.20 Å². The molecular formula is C10H10N2O2. The lowest BCUT2D eigenvalue weighted by atomic mass is 10.2. The molecule has 1 aromatic rings. The van der Waals surface area contributed by atoms with Crippen LogP contribution in [0.4, 0.5) is 0 Å². The van der Waals surface area contributed by atoms with Crippen LogP contribution >= 0.6 is 0 Å². The molecule has 1 aromatic heterocycles. The van der Waals surface area contributed by atoms with Crippen LogP contribution in [0.1, 0.15) is 16.1 Å². The maximum Gasteiger partial charge on any atom is 0.357 e. The van der Waals surface area contributed by atoms with E-state index in [4.69, 9.17) is 5.73 Å². The van der Waals surface area contributed by atoms with Crippen molar-refractivity contribution in [2.45, 2.75) is 0 Å². The molecule has 4 nitrogen and oxygen atoms in total. The number of nitrogens with zero attached hydrogens (tertiary/aromatic N) is 1. The predicted octanol–water partition coefficient (Wildman–Crippen LogP) is 0.178. The molecule has 0 fully saturated rings. The van der Waals surface area contributed by atoms with E-state index in [1.165, 1.54) is 13.3 Å². The van der Waals surface area contributed by atoms with Gasteiger partial charge in [-0.3, -0.25) is 0 Å². The molecule has 72 valence electrons. The number of hydrogen-bond donors (Lipinski definition) is 1. The number of pyridine rings is 1. The molecule has 0 radical (unpaired) electrons. The quantitative estimate of drug-likeness (QED) is 0.506. The predicted molar refractivity (Wildman–Crippen MR) is 51.5 cm³/mol. The summed E-state index contributed by atoms with van der Waals surface area (Å²) in [7, 11) is 1.30. The number of nitrogens with two attached hydrogens (primary N) is 1. The molecule has 1 rings (SSSR count). The maximum atomic E-state index is 11.2. The molecular weight excluding hydrogens is 180 g/mol. The second-order valence-electron chi connectivity index (χ2n) is 2.40. The van der Waals surface area contributed by atoms with Gasteiger partial charge in [-0.05, 0) is 12.1 Å². The van der Waals surface area contributed by atoms with E-state index in [-0.39, 0.29) is 12.2 Å². The lowest BCUT2D eigenvalue weighted by Crippen LogP contribution is -2.06. The summed E-state index contributed by atoms with van der Waals surface area (Å²) in [5.74, 6) is 4.91. The van der Waals surface area contributed by atoms with Crippen molar-refractivity contribution in [2.24, 2.45) is 5.73 Å². The first-order valence-electron chi connectivity index (χ1n) is 4.02. The SMILES string of the molecule is COC(=O)c1ncccc1C#CCN. The molecule has 0 aliphatic rings. The van der Waals surface area contributed by atoms with E-state index in [1.807, 2.05) is 0 Å². The first-order chi connectivity index (χ1) is 6.79. The third-order valence-corrected chi connectivity index (χ3v) is 1.51. The van der Waals surface area contributed by atoms with Crippen LogP contribution in [0, 0.1) is 11.8 Å². The smallest absolute Gasteiger partial charge is 0.357 e. The van der Waals surface area contributed by atoms with Crippen LogP contribution < -0.4 is 5.73 Å². The molecule has 4 heteroatoms. The Kier molecular flexibility index (Phi) is 3.65. The van der Waals surface area contributed by atoms with Gasteiger partial charge in [0.25, 0.3) is 0 Å². The van der Waals surface area contributed by atoms with Crippen molar-refractivity contribution in [3.05, 3.63) is 29.6 Å². The summed E-state index contributed by atoms with van der Waals surface area (Å²) in [6.45, 7) is 0.246. The van der Waals surface area contributed by atoms with Gasteiger partial charge in [-0.1, -0.05) is 11.8 Å². The lowest BCUT2D eigenvalue weighted by molar-refractivity contribution is 0.0593. The molecule has 0 unspecified atom stereocenters. The first kappa shape index (κ1) is 10.2. The van der Waals surface area contributed by atoms with E-state index >= 15 is 0 Å². The highest BCUT2D eigenvalue weighted by Gasteiger charge is 2.10. The number of methoxy groups -OCH3 is 1. The normalized spacial score (nSPS) is 8.71. The molecule has 0 saturated heterocycles. The van der Waals surface area contributed by atoms with Gasteiger partial charge in [0.2, 0.25) is 0 Å². The van der Waals surface area contributed by atoms with Gasteiger partial charge in [-0.25, -0.2) is 9.78 Å². The third-order valence-electron chi connectivity index (χ3n) is 1.51. The molecule has 0 aromatic carbocycles. The van der Waals surface area contributed by atoms with Crippen molar-refractivity contribution in [1.29, 1.82) is 0 Å². The van der Waals surface area contributed by atoms with Crippen molar-refractivity contribution in [1.82, 2.24) is 4.98 Å². The standard InChI is InChI=1S/C10H10N2O2/c1-14-10(13)9-8(4-2-6-11)5-3-7-12-9/h3,5,7H,6,11H2,1H3. The van der Waals surface area contributed by atoms with Crippen LogP contribution in [0.15, 0.2) is 18.3 Å². The monoisotopic (exact) mass is 190 g/mol. The molecule has 14 heavy (non-hydrogen) atoms. The van der Waals surface area contributed by atoms with Gasteiger partial charge in [0.15, 0.2) is 5.69 Å². The fraction of sp³-hybridized carbons (Fsp3) is 0.200. The Morgan fingerprint density at radius 2 is 2.50 bits per heavy atom. The van der Waals surface area contributed by atoms with Gasteiger partial charge >= 0.3 is 5.97 Å². The molecule has 0 atom stereocenters. The van der Waals surface area contributed by atoms with Crippen molar-refractivity contribution >= 4 is 5.97 Å². The number of rotatable bonds is 1. The van der Waals surface area contributed by atoms with Crippen molar-refractivity contribution in [3.63, 3.8) is 0 Å². The minimum absolute atomic E-state index is 0.218. The van der Waals surface area contributed by atoms with Gasteiger partial charge < -0.3 is 10.5 Å². The van der Waals surface area contributed by atoms with E-state index in [0.29, 0.717) is 5.56 Å². The van der Waals surface area contributed by atoms with E-state index < -0.39 is 5.97 Å². The van der Waals surface area contributed by atoms with Gasteiger partial charge in [-0.15, -0.1) is 0 Å². The highest BCUT2D eigenvalue weighted by atomic mass is 16.5. The van der Waals surface area contributed by atoms with Crippen molar-refractivity contribution < 1.29 is 9.53 Å².